The predicted molar refractivity (Wildman–Crippen MR) is 57.0 cm³/mol. The van der Waals surface area contributed by atoms with Gasteiger partial charge in [-0.1, -0.05) is 0 Å². The number of alkyl halides is 3. The predicted octanol–water partition coefficient (Wildman–Crippen LogP) is 2.39. The second-order valence-electron chi connectivity index (χ2n) is 3.78. The van der Waals surface area contributed by atoms with Gasteiger partial charge in [-0.05, 0) is 25.2 Å². The van der Waals surface area contributed by atoms with Crippen molar-refractivity contribution in [3.63, 3.8) is 0 Å². The van der Waals surface area contributed by atoms with E-state index < -0.39 is 12.7 Å². The minimum atomic E-state index is -4.25. The van der Waals surface area contributed by atoms with E-state index in [2.05, 4.69) is 0 Å². The van der Waals surface area contributed by atoms with Crippen molar-refractivity contribution in [2.45, 2.75) is 12.7 Å². The number of methoxy groups -OCH3 is 1. The van der Waals surface area contributed by atoms with Gasteiger partial charge in [0.1, 0.15) is 11.5 Å². The van der Waals surface area contributed by atoms with Crippen molar-refractivity contribution in [3.8, 4) is 11.5 Å². The first-order valence-corrected chi connectivity index (χ1v) is 4.93. The Hall–Kier alpha value is -1.43. The average Bonchev–Trinajstić information content (AvgIpc) is 2.18. The van der Waals surface area contributed by atoms with Gasteiger partial charge >= 0.3 is 6.18 Å². The van der Waals surface area contributed by atoms with Crippen molar-refractivity contribution in [3.05, 3.63) is 23.8 Å². The van der Waals surface area contributed by atoms with Crippen LogP contribution >= 0.6 is 0 Å². The van der Waals surface area contributed by atoms with Crippen LogP contribution in [0.5, 0.6) is 11.5 Å². The average molecular weight is 249 g/mol. The summed E-state index contributed by atoms with van der Waals surface area (Å²) < 4.78 is 41.3. The fourth-order valence-corrected chi connectivity index (χ4v) is 1.47. The zero-order chi connectivity index (χ0) is 13.1. The van der Waals surface area contributed by atoms with Gasteiger partial charge in [0.25, 0.3) is 0 Å². The molecule has 0 atom stereocenters. The Balaban J connectivity index is 2.73. The van der Waals surface area contributed by atoms with Crippen LogP contribution in [0.3, 0.4) is 0 Å². The smallest absolute Gasteiger partial charge is 0.401 e. The van der Waals surface area contributed by atoms with Crippen LogP contribution in [0.25, 0.3) is 0 Å². The van der Waals surface area contributed by atoms with Crippen LogP contribution in [-0.2, 0) is 6.54 Å². The molecule has 1 aromatic carbocycles. The molecule has 0 aliphatic carbocycles. The lowest BCUT2D eigenvalue weighted by molar-refractivity contribution is -0.144. The van der Waals surface area contributed by atoms with E-state index in [4.69, 9.17) is 4.74 Å². The number of phenolic OH excluding ortho intramolecular Hbond substituents is 1. The molecule has 0 aromatic heterocycles. The van der Waals surface area contributed by atoms with Crippen molar-refractivity contribution in [1.82, 2.24) is 4.90 Å². The van der Waals surface area contributed by atoms with Gasteiger partial charge in [0, 0.05) is 12.1 Å². The summed E-state index contributed by atoms with van der Waals surface area (Å²) >= 11 is 0. The minimum absolute atomic E-state index is 0.00252. The Bertz CT molecular complexity index is 379. The number of benzene rings is 1. The highest BCUT2D eigenvalue weighted by molar-refractivity contribution is 5.39. The summed E-state index contributed by atoms with van der Waals surface area (Å²) in [7, 11) is 2.79. The maximum atomic E-state index is 12.1. The molecule has 0 aliphatic rings. The molecule has 0 fully saturated rings. The highest BCUT2D eigenvalue weighted by Gasteiger charge is 2.29. The lowest BCUT2D eigenvalue weighted by Crippen LogP contribution is -2.30. The lowest BCUT2D eigenvalue weighted by atomic mass is 10.2. The Morgan fingerprint density at radius 2 is 2.00 bits per heavy atom. The number of rotatable bonds is 4. The molecule has 0 unspecified atom stereocenters. The molecule has 0 aliphatic heterocycles. The van der Waals surface area contributed by atoms with E-state index in [0.29, 0.717) is 11.3 Å². The van der Waals surface area contributed by atoms with Crippen LogP contribution in [-0.4, -0.2) is 36.9 Å². The number of nitrogens with zero attached hydrogens (tertiary/aromatic N) is 1. The van der Waals surface area contributed by atoms with E-state index in [0.717, 1.165) is 4.90 Å². The fourth-order valence-electron chi connectivity index (χ4n) is 1.47. The monoisotopic (exact) mass is 249 g/mol. The molecular formula is C11H14F3NO2. The molecular weight excluding hydrogens is 235 g/mol. The first-order chi connectivity index (χ1) is 7.81. The van der Waals surface area contributed by atoms with E-state index in [1.807, 2.05) is 0 Å². The molecule has 0 heterocycles. The summed E-state index contributed by atoms with van der Waals surface area (Å²) in [5.74, 6) is 0.457. The first kappa shape index (κ1) is 13.6. The molecule has 3 nitrogen and oxygen atoms in total. The van der Waals surface area contributed by atoms with E-state index in [1.54, 1.807) is 6.07 Å². The Morgan fingerprint density at radius 1 is 1.35 bits per heavy atom. The second kappa shape index (κ2) is 5.27. The normalized spacial score (nSPS) is 11.9. The maximum absolute atomic E-state index is 12.1. The zero-order valence-corrected chi connectivity index (χ0v) is 9.58. The fraction of sp³-hybridized carbons (Fsp3) is 0.455. The van der Waals surface area contributed by atoms with E-state index in [1.165, 1.54) is 26.3 Å². The molecule has 0 spiro atoms. The van der Waals surface area contributed by atoms with Gasteiger partial charge < -0.3 is 9.84 Å². The quantitative estimate of drug-likeness (QED) is 0.889. The molecule has 96 valence electrons. The highest BCUT2D eigenvalue weighted by atomic mass is 19.4. The van der Waals surface area contributed by atoms with Crippen LogP contribution in [0.15, 0.2) is 18.2 Å². The third-order valence-corrected chi connectivity index (χ3v) is 2.18. The maximum Gasteiger partial charge on any atom is 0.401 e. The number of hydrogen-bond donors (Lipinski definition) is 1. The molecule has 1 aromatic rings. The van der Waals surface area contributed by atoms with Crippen molar-refractivity contribution in [2.24, 2.45) is 0 Å². The molecule has 1 rings (SSSR count). The third-order valence-electron chi connectivity index (χ3n) is 2.18. The molecule has 0 saturated heterocycles. The Labute approximate surface area is 97.4 Å². The summed E-state index contributed by atoms with van der Waals surface area (Å²) in [6.45, 7) is -1.02. The van der Waals surface area contributed by atoms with Crippen LogP contribution in [0.2, 0.25) is 0 Å². The van der Waals surface area contributed by atoms with Crippen LogP contribution in [0.4, 0.5) is 13.2 Å². The van der Waals surface area contributed by atoms with Crippen molar-refractivity contribution >= 4 is 0 Å². The summed E-state index contributed by atoms with van der Waals surface area (Å²) in [6.07, 6.45) is -4.25. The van der Waals surface area contributed by atoms with Crippen LogP contribution in [0.1, 0.15) is 5.56 Å². The van der Waals surface area contributed by atoms with Crippen molar-refractivity contribution in [1.29, 1.82) is 0 Å². The highest BCUT2D eigenvalue weighted by Crippen LogP contribution is 2.25. The van der Waals surface area contributed by atoms with Gasteiger partial charge in [0.2, 0.25) is 0 Å². The topological polar surface area (TPSA) is 32.7 Å². The Kier molecular flexibility index (Phi) is 4.22. The molecule has 0 saturated carbocycles. The number of aromatic hydroxyl groups is 1. The number of hydrogen-bond acceptors (Lipinski definition) is 3. The molecule has 6 heteroatoms. The summed E-state index contributed by atoms with van der Waals surface area (Å²) in [5.41, 5.74) is 0.399. The van der Waals surface area contributed by atoms with E-state index >= 15 is 0 Å². The van der Waals surface area contributed by atoms with Gasteiger partial charge in [-0.25, -0.2) is 0 Å². The largest absolute Gasteiger partial charge is 0.508 e. The second-order valence-corrected chi connectivity index (χ2v) is 3.78. The first-order valence-electron chi connectivity index (χ1n) is 4.93. The number of phenols is 1. The molecule has 0 radical (unpaired) electrons. The van der Waals surface area contributed by atoms with E-state index in [9.17, 15) is 18.3 Å². The summed E-state index contributed by atoms with van der Waals surface area (Å²) in [5, 5.41) is 9.51. The Morgan fingerprint density at radius 3 is 2.53 bits per heavy atom. The van der Waals surface area contributed by atoms with Crippen molar-refractivity contribution < 1.29 is 23.0 Å². The third kappa shape index (κ3) is 4.52. The van der Waals surface area contributed by atoms with Gasteiger partial charge in [-0.2, -0.15) is 13.2 Å². The zero-order valence-electron chi connectivity index (χ0n) is 9.58. The van der Waals surface area contributed by atoms with Crippen LogP contribution < -0.4 is 4.74 Å². The number of halogens is 3. The van der Waals surface area contributed by atoms with E-state index in [-0.39, 0.29) is 12.3 Å². The number of ether oxygens (including phenoxy) is 1. The lowest BCUT2D eigenvalue weighted by Gasteiger charge is -2.19. The van der Waals surface area contributed by atoms with Gasteiger partial charge in [-0.3, -0.25) is 4.90 Å². The van der Waals surface area contributed by atoms with Crippen molar-refractivity contribution in [2.75, 3.05) is 20.7 Å². The molecule has 17 heavy (non-hydrogen) atoms. The minimum Gasteiger partial charge on any atom is -0.508 e. The van der Waals surface area contributed by atoms with Gasteiger partial charge in [0.05, 0.1) is 13.7 Å². The molecule has 1 N–H and O–H groups in total. The SMILES string of the molecule is COc1ccc(O)c(CN(C)CC(F)(F)F)c1. The van der Waals surface area contributed by atoms with Crippen LogP contribution in [0, 0.1) is 0 Å². The molecule has 0 bridgehead atoms. The van der Waals surface area contributed by atoms with Gasteiger partial charge in [-0.15, -0.1) is 0 Å². The summed E-state index contributed by atoms with van der Waals surface area (Å²) in [6, 6.07) is 4.46. The van der Waals surface area contributed by atoms with Gasteiger partial charge in [0.15, 0.2) is 0 Å². The molecule has 0 amide bonds. The standard InChI is InChI=1S/C11H14F3NO2/c1-15(7-11(12,13)14)6-8-5-9(17-2)3-4-10(8)16/h3-5,16H,6-7H2,1-2H3. The summed E-state index contributed by atoms with van der Waals surface area (Å²) in [4.78, 5) is 1.08.